The minimum absolute atomic E-state index is 0.203. The van der Waals surface area contributed by atoms with Crippen LogP contribution >= 0.6 is 0 Å². The summed E-state index contributed by atoms with van der Waals surface area (Å²) < 4.78 is 4.76. The van der Waals surface area contributed by atoms with Crippen LogP contribution in [-0.2, 0) is 26.6 Å². The van der Waals surface area contributed by atoms with Gasteiger partial charge in [-0.1, -0.05) is 68.5 Å². The first-order valence-electron chi connectivity index (χ1n) is 11.8. The molecule has 0 spiro atoms. The van der Waals surface area contributed by atoms with Crippen molar-refractivity contribution in [3.63, 3.8) is 0 Å². The molecule has 0 aliphatic carbocycles. The fourth-order valence-corrected chi connectivity index (χ4v) is 4.65. The van der Waals surface area contributed by atoms with Crippen LogP contribution in [0.5, 0.6) is 0 Å². The fourth-order valence-electron chi connectivity index (χ4n) is 4.65. The highest BCUT2D eigenvalue weighted by Gasteiger charge is 2.29. The molecular weight excluding hydrogens is 426 g/mol. The molecule has 7 heteroatoms. The second-order valence-corrected chi connectivity index (χ2v) is 9.00. The molecule has 5 rings (SSSR count). The van der Waals surface area contributed by atoms with Crippen LogP contribution in [0.4, 0.5) is 11.6 Å². The quantitative estimate of drug-likeness (QED) is 0.457. The maximum absolute atomic E-state index is 13.5. The molecule has 1 aliphatic rings. The number of hydrogen-bond donors (Lipinski definition) is 0. The summed E-state index contributed by atoms with van der Waals surface area (Å²) in [5, 5.41) is 0. The van der Waals surface area contributed by atoms with Crippen LogP contribution in [0.15, 0.2) is 70.3 Å². The standard InChI is InChI=1S/C27H29N5O2/c1-4-20-12-14-22(15-13-20)31-17-19(2)18-32-23-24(28-26(31)32)29(3)27(34)30(25(23)33)16-8-11-21-9-6-5-7-10-21/h5-15,19H,4,16-18H2,1-3H3. The van der Waals surface area contributed by atoms with Gasteiger partial charge in [-0.15, -0.1) is 0 Å². The highest BCUT2D eigenvalue weighted by molar-refractivity contribution is 5.77. The number of anilines is 2. The minimum Gasteiger partial charge on any atom is -0.312 e. The summed E-state index contributed by atoms with van der Waals surface area (Å²) in [5.41, 5.74) is 3.58. The summed E-state index contributed by atoms with van der Waals surface area (Å²) in [5.74, 6) is 1.03. The van der Waals surface area contributed by atoms with Gasteiger partial charge in [0, 0.05) is 32.4 Å². The van der Waals surface area contributed by atoms with Crippen molar-refractivity contribution >= 4 is 28.9 Å². The molecule has 1 unspecified atom stereocenters. The third-order valence-electron chi connectivity index (χ3n) is 6.50. The van der Waals surface area contributed by atoms with E-state index >= 15 is 0 Å². The SMILES string of the molecule is CCc1ccc(N2CC(C)Cn3c2nc2c3c(=O)n(CC=Cc3ccccc3)c(=O)n2C)cc1. The molecular formula is C27H29N5O2. The third-order valence-corrected chi connectivity index (χ3v) is 6.50. The number of benzene rings is 2. The van der Waals surface area contributed by atoms with Crippen molar-refractivity contribution in [1.29, 1.82) is 0 Å². The van der Waals surface area contributed by atoms with E-state index in [0.717, 1.165) is 24.2 Å². The predicted octanol–water partition coefficient (Wildman–Crippen LogP) is 3.96. The summed E-state index contributed by atoms with van der Waals surface area (Å²) in [6, 6.07) is 18.3. The lowest BCUT2D eigenvalue weighted by molar-refractivity contribution is 0.458. The molecule has 7 nitrogen and oxygen atoms in total. The van der Waals surface area contributed by atoms with Gasteiger partial charge in [-0.3, -0.25) is 13.9 Å². The molecule has 0 radical (unpaired) electrons. The Labute approximate surface area is 198 Å². The second kappa shape index (κ2) is 8.82. The fraction of sp³-hybridized carbons (Fsp3) is 0.296. The Hall–Kier alpha value is -3.87. The van der Waals surface area contributed by atoms with E-state index in [9.17, 15) is 9.59 Å². The van der Waals surface area contributed by atoms with Crippen molar-refractivity contribution in [2.45, 2.75) is 33.4 Å². The highest BCUT2D eigenvalue weighted by atomic mass is 16.2. The van der Waals surface area contributed by atoms with Crippen LogP contribution in [0.3, 0.4) is 0 Å². The first-order chi connectivity index (χ1) is 16.5. The van der Waals surface area contributed by atoms with Crippen molar-refractivity contribution in [2.75, 3.05) is 11.4 Å². The molecule has 0 fully saturated rings. The number of nitrogens with zero attached hydrogens (tertiary/aromatic N) is 5. The van der Waals surface area contributed by atoms with Gasteiger partial charge in [-0.2, -0.15) is 4.98 Å². The third kappa shape index (κ3) is 3.77. The molecule has 0 N–H and O–H groups in total. The van der Waals surface area contributed by atoms with Crippen LogP contribution in [0.2, 0.25) is 0 Å². The summed E-state index contributed by atoms with van der Waals surface area (Å²) in [6.45, 7) is 6.00. The molecule has 1 aliphatic heterocycles. The van der Waals surface area contributed by atoms with Gasteiger partial charge in [-0.05, 0) is 35.6 Å². The highest BCUT2D eigenvalue weighted by Crippen LogP contribution is 2.32. The van der Waals surface area contributed by atoms with Crippen molar-refractivity contribution in [3.8, 4) is 0 Å². The summed E-state index contributed by atoms with van der Waals surface area (Å²) in [7, 11) is 1.68. The van der Waals surface area contributed by atoms with Crippen LogP contribution < -0.4 is 16.1 Å². The Morgan fingerprint density at radius 2 is 1.76 bits per heavy atom. The van der Waals surface area contributed by atoms with Gasteiger partial charge >= 0.3 is 5.69 Å². The topological polar surface area (TPSA) is 65.1 Å². The Bertz CT molecular complexity index is 1480. The van der Waals surface area contributed by atoms with Gasteiger partial charge in [0.1, 0.15) is 0 Å². The summed E-state index contributed by atoms with van der Waals surface area (Å²) >= 11 is 0. The Balaban J connectivity index is 1.61. The molecule has 174 valence electrons. The molecule has 0 bridgehead atoms. The second-order valence-electron chi connectivity index (χ2n) is 9.00. The number of allylic oxidation sites excluding steroid dienone is 1. The minimum atomic E-state index is -0.363. The molecule has 1 atom stereocenters. The molecule has 4 aromatic rings. The van der Waals surface area contributed by atoms with Crippen LogP contribution in [0.1, 0.15) is 25.0 Å². The van der Waals surface area contributed by atoms with Gasteiger partial charge in [0.15, 0.2) is 11.2 Å². The van der Waals surface area contributed by atoms with Gasteiger partial charge in [0.2, 0.25) is 5.95 Å². The first-order valence-corrected chi connectivity index (χ1v) is 11.8. The normalized spacial score (nSPS) is 15.9. The zero-order valence-electron chi connectivity index (χ0n) is 19.8. The summed E-state index contributed by atoms with van der Waals surface area (Å²) in [4.78, 5) is 33.6. The largest absolute Gasteiger partial charge is 0.332 e. The van der Waals surface area contributed by atoms with E-state index in [2.05, 4.69) is 43.0 Å². The van der Waals surface area contributed by atoms with Gasteiger partial charge < -0.3 is 9.47 Å². The Morgan fingerprint density at radius 1 is 1.03 bits per heavy atom. The van der Waals surface area contributed by atoms with E-state index in [1.807, 2.05) is 47.1 Å². The van der Waals surface area contributed by atoms with Gasteiger partial charge in [0.05, 0.1) is 0 Å². The molecule has 3 heterocycles. The van der Waals surface area contributed by atoms with E-state index in [4.69, 9.17) is 4.98 Å². The smallest absolute Gasteiger partial charge is 0.312 e. The molecule has 34 heavy (non-hydrogen) atoms. The van der Waals surface area contributed by atoms with Crippen LogP contribution in [0, 0.1) is 5.92 Å². The van der Waals surface area contributed by atoms with Crippen molar-refractivity contribution in [2.24, 2.45) is 13.0 Å². The van der Waals surface area contributed by atoms with Gasteiger partial charge in [0.25, 0.3) is 5.56 Å². The molecule has 2 aromatic carbocycles. The Kier molecular flexibility index (Phi) is 5.69. The lowest BCUT2D eigenvalue weighted by Gasteiger charge is -2.33. The van der Waals surface area contributed by atoms with Crippen molar-refractivity contribution in [1.82, 2.24) is 18.7 Å². The zero-order chi connectivity index (χ0) is 23.8. The van der Waals surface area contributed by atoms with Crippen molar-refractivity contribution in [3.05, 3.63) is 92.6 Å². The van der Waals surface area contributed by atoms with Crippen LogP contribution in [-0.4, -0.2) is 25.2 Å². The lowest BCUT2D eigenvalue weighted by atomic mass is 10.1. The number of aromatic nitrogens is 4. The number of aryl methyl sites for hydroxylation is 2. The average molecular weight is 456 g/mol. The average Bonchev–Trinajstić information content (AvgIpc) is 3.24. The monoisotopic (exact) mass is 455 g/mol. The van der Waals surface area contributed by atoms with Crippen LogP contribution in [0.25, 0.3) is 17.2 Å². The first kappa shape index (κ1) is 21.9. The molecule has 2 aromatic heterocycles. The lowest BCUT2D eigenvalue weighted by Crippen LogP contribution is -2.40. The van der Waals surface area contributed by atoms with E-state index in [0.29, 0.717) is 29.6 Å². The van der Waals surface area contributed by atoms with Gasteiger partial charge in [-0.25, -0.2) is 4.79 Å². The number of imidazole rings is 1. The van der Waals surface area contributed by atoms with E-state index < -0.39 is 0 Å². The van der Waals surface area contributed by atoms with Crippen molar-refractivity contribution < 1.29 is 0 Å². The Morgan fingerprint density at radius 3 is 2.47 bits per heavy atom. The summed E-state index contributed by atoms with van der Waals surface area (Å²) in [6.07, 6.45) is 4.75. The molecule has 0 saturated heterocycles. The number of hydrogen-bond acceptors (Lipinski definition) is 4. The molecule has 0 saturated carbocycles. The predicted molar refractivity (Wildman–Crippen MR) is 137 cm³/mol. The number of fused-ring (bicyclic) bond motifs is 3. The zero-order valence-corrected chi connectivity index (χ0v) is 19.8. The van der Waals surface area contributed by atoms with E-state index in [1.165, 1.54) is 14.7 Å². The number of rotatable bonds is 5. The molecule has 0 amide bonds. The van der Waals surface area contributed by atoms with E-state index in [-0.39, 0.29) is 17.8 Å². The van der Waals surface area contributed by atoms with E-state index in [1.54, 1.807) is 7.05 Å². The maximum atomic E-state index is 13.5. The maximum Gasteiger partial charge on any atom is 0.332 e.